The standard InChI is InChI=1S/C16H22Cl2N2O/c17-13-3-2-11(14(18)9-13)8-15(20-19)12-4-7-21-16(10-12)5-1-6-16/h2-3,9,12,15,20H,1,4-8,10,19H2. The van der Waals surface area contributed by atoms with Crippen molar-refractivity contribution in [3.05, 3.63) is 33.8 Å². The monoisotopic (exact) mass is 328 g/mol. The van der Waals surface area contributed by atoms with Gasteiger partial charge in [-0.05, 0) is 62.1 Å². The molecular weight excluding hydrogens is 307 g/mol. The highest BCUT2D eigenvalue weighted by Gasteiger charge is 2.44. The normalized spacial score (nSPS) is 25.6. The summed E-state index contributed by atoms with van der Waals surface area (Å²) in [6, 6.07) is 5.90. The molecule has 1 saturated heterocycles. The van der Waals surface area contributed by atoms with E-state index in [1.54, 1.807) is 6.07 Å². The van der Waals surface area contributed by atoms with Gasteiger partial charge in [0.15, 0.2) is 0 Å². The fraction of sp³-hybridized carbons (Fsp3) is 0.625. The van der Waals surface area contributed by atoms with E-state index in [4.69, 9.17) is 33.8 Å². The van der Waals surface area contributed by atoms with Crippen LogP contribution in [0.2, 0.25) is 10.0 Å². The highest BCUT2D eigenvalue weighted by molar-refractivity contribution is 6.35. The molecule has 1 aromatic rings. The summed E-state index contributed by atoms with van der Waals surface area (Å²) >= 11 is 12.2. The van der Waals surface area contributed by atoms with Gasteiger partial charge in [-0.25, -0.2) is 0 Å². The van der Waals surface area contributed by atoms with Gasteiger partial charge in [-0.2, -0.15) is 0 Å². The summed E-state index contributed by atoms with van der Waals surface area (Å²) in [6.07, 6.45) is 6.67. The molecule has 1 saturated carbocycles. The first kappa shape index (κ1) is 15.6. The molecular formula is C16H22Cl2N2O. The molecule has 3 N–H and O–H groups in total. The van der Waals surface area contributed by atoms with Crippen LogP contribution in [0.3, 0.4) is 0 Å². The molecule has 0 bridgehead atoms. The lowest BCUT2D eigenvalue weighted by atomic mass is 9.70. The lowest BCUT2D eigenvalue weighted by Gasteiger charge is -2.48. The van der Waals surface area contributed by atoms with Crippen LogP contribution in [0, 0.1) is 5.92 Å². The molecule has 0 amide bonds. The number of nitrogens with one attached hydrogen (secondary N) is 1. The molecule has 3 rings (SSSR count). The number of halogens is 2. The minimum atomic E-state index is 0.141. The van der Waals surface area contributed by atoms with Crippen LogP contribution < -0.4 is 11.3 Å². The van der Waals surface area contributed by atoms with Crippen LogP contribution in [0.4, 0.5) is 0 Å². The van der Waals surface area contributed by atoms with Crippen molar-refractivity contribution in [3.8, 4) is 0 Å². The molecule has 2 unspecified atom stereocenters. The fourth-order valence-electron chi connectivity index (χ4n) is 3.61. The minimum Gasteiger partial charge on any atom is -0.375 e. The summed E-state index contributed by atoms with van der Waals surface area (Å²) < 4.78 is 6.00. The zero-order chi connectivity index (χ0) is 14.9. The average Bonchev–Trinajstić information content (AvgIpc) is 2.45. The van der Waals surface area contributed by atoms with Crippen molar-refractivity contribution in [3.63, 3.8) is 0 Å². The number of benzene rings is 1. The maximum Gasteiger partial charge on any atom is 0.0685 e. The molecule has 1 spiro atoms. The van der Waals surface area contributed by atoms with Gasteiger partial charge in [0.2, 0.25) is 0 Å². The second-order valence-electron chi connectivity index (χ2n) is 6.35. The quantitative estimate of drug-likeness (QED) is 0.654. The molecule has 5 heteroatoms. The summed E-state index contributed by atoms with van der Waals surface area (Å²) in [5.74, 6) is 6.36. The van der Waals surface area contributed by atoms with E-state index in [1.165, 1.54) is 19.3 Å². The number of ether oxygens (including phenoxy) is 1. The van der Waals surface area contributed by atoms with E-state index >= 15 is 0 Å². The Morgan fingerprint density at radius 1 is 1.38 bits per heavy atom. The summed E-state index contributed by atoms with van der Waals surface area (Å²) in [4.78, 5) is 0. The molecule has 3 nitrogen and oxygen atoms in total. The van der Waals surface area contributed by atoms with Crippen molar-refractivity contribution >= 4 is 23.2 Å². The first-order valence-electron chi connectivity index (χ1n) is 7.66. The second-order valence-corrected chi connectivity index (χ2v) is 7.19. The van der Waals surface area contributed by atoms with Crippen LogP contribution in [0.25, 0.3) is 0 Å². The van der Waals surface area contributed by atoms with E-state index < -0.39 is 0 Å². The van der Waals surface area contributed by atoms with Gasteiger partial charge < -0.3 is 4.74 Å². The highest BCUT2D eigenvalue weighted by Crippen LogP contribution is 2.45. The number of hydrazine groups is 1. The van der Waals surface area contributed by atoms with E-state index in [9.17, 15) is 0 Å². The maximum absolute atomic E-state index is 6.29. The Hall–Kier alpha value is -0.320. The molecule has 21 heavy (non-hydrogen) atoms. The van der Waals surface area contributed by atoms with E-state index in [0.29, 0.717) is 16.0 Å². The fourth-order valence-corrected chi connectivity index (χ4v) is 4.10. The van der Waals surface area contributed by atoms with Gasteiger partial charge in [0.25, 0.3) is 0 Å². The Kier molecular flexibility index (Phi) is 4.77. The molecule has 1 heterocycles. The topological polar surface area (TPSA) is 47.3 Å². The summed E-state index contributed by atoms with van der Waals surface area (Å²) in [5.41, 5.74) is 4.24. The van der Waals surface area contributed by atoms with E-state index in [1.807, 2.05) is 12.1 Å². The summed E-state index contributed by atoms with van der Waals surface area (Å²) in [6.45, 7) is 0.844. The van der Waals surface area contributed by atoms with Crippen LogP contribution in [0.15, 0.2) is 18.2 Å². The Bertz CT molecular complexity index is 505. The first-order chi connectivity index (χ1) is 10.1. The Morgan fingerprint density at radius 3 is 2.81 bits per heavy atom. The molecule has 1 aromatic carbocycles. The van der Waals surface area contributed by atoms with Crippen LogP contribution in [0.1, 0.15) is 37.7 Å². The molecule has 1 aliphatic carbocycles. The minimum absolute atomic E-state index is 0.141. The highest BCUT2D eigenvalue weighted by atomic mass is 35.5. The average molecular weight is 329 g/mol. The Labute approximate surface area is 136 Å². The van der Waals surface area contributed by atoms with Crippen molar-refractivity contribution in [1.82, 2.24) is 5.43 Å². The van der Waals surface area contributed by atoms with Gasteiger partial charge in [0.1, 0.15) is 0 Å². The van der Waals surface area contributed by atoms with Gasteiger partial charge in [0.05, 0.1) is 5.60 Å². The van der Waals surface area contributed by atoms with Crippen molar-refractivity contribution in [2.24, 2.45) is 11.8 Å². The van der Waals surface area contributed by atoms with Crippen molar-refractivity contribution < 1.29 is 4.74 Å². The van der Waals surface area contributed by atoms with Crippen molar-refractivity contribution in [1.29, 1.82) is 0 Å². The number of rotatable bonds is 4. The molecule has 2 aliphatic rings. The van der Waals surface area contributed by atoms with Gasteiger partial charge >= 0.3 is 0 Å². The van der Waals surface area contributed by atoms with Crippen molar-refractivity contribution in [2.45, 2.75) is 50.2 Å². The van der Waals surface area contributed by atoms with Gasteiger partial charge in [0, 0.05) is 22.7 Å². The van der Waals surface area contributed by atoms with Gasteiger partial charge in [-0.15, -0.1) is 0 Å². The third-order valence-electron chi connectivity index (χ3n) is 5.03. The lowest BCUT2D eigenvalue weighted by Crippen LogP contribution is -2.52. The van der Waals surface area contributed by atoms with Crippen LogP contribution >= 0.6 is 23.2 Å². The van der Waals surface area contributed by atoms with Crippen molar-refractivity contribution in [2.75, 3.05) is 6.61 Å². The van der Waals surface area contributed by atoms with E-state index in [0.717, 1.165) is 31.4 Å². The predicted octanol–water partition coefficient (Wildman–Crippen LogP) is 3.72. The SMILES string of the molecule is NNC(Cc1ccc(Cl)cc1Cl)C1CCOC2(CCC2)C1. The summed E-state index contributed by atoms with van der Waals surface area (Å²) in [5, 5.41) is 1.38. The van der Waals surface area contributed by atoms with Crippen LogP contribution in [-0.4, -0.2) is 18.2 Å². The zero-order valence-corrected chi connectivity index (χ0v) is 13.6. The third-order valence-corrected chi connectivity index (χ3v) is 5.62. The Balaban J connectivity index is 1.69. The lowest BCUT2D eigenvalue weighted by molar-refractivity contribution is -0.147. The van der Waals surface area contributed by atoms with E-state index in [2.05, 4.69) is 5.43 Å². The molecule has 2 fully saturated rings. The van der Waals surface area contributed by atoms with Crippen LogP contribution in [0.5, 0.6) is 0 Å². The van der Waals surface area contributed by atoms with Gasteiger partial charge in [-0.1, -0.05) is 29.3 Å². The molecule has 116 valence electrons. The number of hydrogen-bond donors (Lipinski definition) is 2. The number of hydrogen-bond acceptors (Lipinski definition) is 3. The van der Waals surface area contributed by atoms with Crippen LogP contribution in [-0.2, 0) is 11.2 Å². The first-order valence-corrected chi connectivity index (χ1v) is 8.41. The molecule has 1 aliphatic heterocycles. The number of nitrogens with two attached hydrogens (primary N) is 1. The van der Waals surface area contributed by atoms with E-state index in [-0.39, 0.29) is 11.6 Å². The maximum atomic E-state index is 6.29. The third kappa shape index (κ3) is 3.38. The second kappa shape index (κ2) is 6.43. The Morgan fingerprint density at radius 2 is 2.19 bits per heavy atom. The predicted molar refractivity (Wildman–Crippen MR) is 86.5 cm³/mol. The molecule has 0 aromatic heterocycles. The zero-order valence-electron chi connectivity index (χ0n) is 12.1. The molecule has 2 atom stereocenters. The molecule has 0 radical (unpaired) electrons. The van der Waals surface area contributed by atoms with Gasteiger partial charge in [-0.3, -0.25) is 11.3 Å². The largest absolute Gasteiger partial charge is 0.375 e. The summed E-state index contributed by atoms with van der Waals surface area (Å²) in [7, 11) is 0. The smallest absolute Gasteiger partial charge is 0.0685 e.